The number of hydrogen-bond donors (Lipinski definition) is 1. The van der Waals surface area contributed by atoms with Crippen LogP contribution in [-0.2, 0) is 4.79 Å². The number of benzene rings is 2. The highest BCUT2D eigenvalue weighted by atomic mass is 16.6. The van der Waals surface area contributed by atoms with Gasteiger partial charge in [0.25, 0.3) is 5.69 Å². The number of carbonyl (C=O) groups excluding carboxylic acids is 1. The molecule has 1 saturated heterocycles. The van der Waals surface area contributed by atoms with Crippen LogP contribution in [0.3, 0.4) is 0 Å². The molecule has 2 aromatic rings. The van der Waals surface area contributed by atoms with Gasteiger partial charge in [-0.25, -0.2) is 0 Å². The van der Waals surface area contributed by atoms with Crippen LogP contribution in [-0.4, -0.2) is 55.1 Å². The molecule has 0 aromatic heterocycles. The third-order valence-corrected chi connectivity index (χ3v) is 5.03. The lowest BCUT2D eigenvalue weighted by atomic mass is 10.2. The van der Waals surface area contributed by atoms with Crippen molar-refractivity contribution in [1.82, 2.24) is 4.90 Å². The van der Waals surface area contributed by atoms with Crippen molar-refractivity contribution in [3.05, 3.63) is 58.6 Å². The highest BCUT2D eigenvalue weighted by Gasteiger charge is 2.26. The molecule has 0 saturated carbocycles. The van der Waals surface area contributed by atoms with Crippen molar-refractivity contribution in [2.45, 2.75) is 13.0 Å². The van der Waals surface area contributed by atoms with Crippen LogP contribution >= 0.6 is 0 Å². The Morgan fingerprint density at radius 2 is 1.75 bits per heavy atom. The summed E-state index contributed by atoms with van der Waals surface area (Å²) in [6, 6.07) is 13.6. The second-order valence-electron chi connectivity index (χ2n) is 6.66. The zero-order valence-electron chi connectivity index (χ0n) is 16.0. The molecule has 1 aliphatic rings. The first kappa shape index (κ1) is 19.6. The number of para-hydroxylation sites is 2. The van der Waals surface area contributed by atoms with E-state index in [0.29, 0.717) is 11.4 Å². The standard InChI is InChI=1S/C20H24N4O4/c1-15(20(25)21-18-5-3-4-6-19(18)28-2)22-11-13-23(14-12-22)16-7-9-17(10-8-16)24(26)27/h3-10,15H,11-14H2,1-2H3,(H,21,25)/t15-/m1/s1. The van der Waals surface area contributed by atoms with E-state index in [4.69, 9.17) is 4.74 Å². The van der Waals surface area contributed by atoms with Crippen molar-refractivity contribution in [3.63, 3.8) is 0 Å². The van der Waals surface area contributed by atoms with Gasteiger partial charge >= 0.3 is 0 Å². The van der Waals surface area contributed by atoms with Crippen LogP contribution in [0.2, 0.25) is 0 Å². The van der Waals surface area contributed by atoms with Gasteiger partial charge in [0.15, 0.2) is 0 Å². The van der Waals surface area contributed by atoms with Crippen molar-refractivity contribution >= 4 is 23.0 Å². The van der Waals surface area contributed by atoms with Gasteiger partial charge in [-0.1, -0.05) is 12.1 Å². The number of carbonyl (C=O) groups is 1. The largest absolute Gasteiger partial charge is 0.495 e. The van der Waals surface area contributed by atoms with Gasteiger partial charge in [0, 0.05) is 44.0 Å². The van der Waals surface area contributed by atoms with Crippen LogP contribution < -0.4 is 15.0 Å². The Balaban J connectivity index is 1.56. The molecule has 1 atom stereocenters. The van der Waals surface area contributed by atoms with E-state index >= 15 is 0 Å². The summed E-state index contributed by atoms with van der Waals surface area (Å²) in [6.07, 6.45) is 0. The van der Waals surface area contributed by atoms with Gasteiger partial charge in [0.2, 0.25) is 5.91 Å². The molecule has 2 aromatic carbocycles. The molecule has 1 amide bonds. The van der Waals surface area contributed by atoms with E-state index in [1.165, 1.54) is 12.1 Å². The number of methoxy groups -OCH3 is 1. The molecule has 1 fully saturated rings. The minimum absolute atomic E-state index is 0.0757. The Morgan fingerprint density at radius 1 is 1.11 bits per heavy atom. The molecule has 148 valence electrons. The third-order valence-electron chi connectivity index (χ3n) is 5.03. The predicted molar refractivity (Wildman–Crippen MR) is 108 cm³/mol. The molecule has 8 nitrogen and oxygen atoms in total. The summed E-state index contributed by atoms with van der Waals surface area (Å²) in [5.41, 5.74) is 1.70. The van der Waals surface area contributed by atoms with Crippen LogP contribution in [0.4, 0.5) is 17.1 Å². The predicted octanol–water partition coefficient (Wildman–Crippen LogP) is 2.75. The topological polar surface area (TPSA) is 88.0 Å². The quantitative estimate of drug-likeness (QED) is 0.609. The number of anilines is 2. The lowest BCUT2D eigenvalue weighted by Crippen LogP contribution is -2.52. The second kappa shape index (κ2) is 8.71. The van der Waals surface area contributed by atoms with Gasteiger partial charge in [-0.05, 0) is 31.2 Å². The first-order valence-electron chi connectivity index (χ1n) is 9.17. The SMILES string of the molecule is COc1ccccc1NC(=O)[C@@H](C)N1CCN(c2ccc([N+](=O)[O-])cc2)CC1. The minimum atomic E-state index is -0.399. The molecule has 0 bridgehead atoms. The molecule has 1 N–H and O–H groups in total. The number of piperazine rings is 1. The Labute approximate surface area is 163 Å². The molecule has 0 unspecified atom stereocenters. The smallest absolute Gasteiger partial charge is 0.269 e. The van der Waals surface area contributed by atoms with Crippen molar-refractivity contribution < 1.29 is 14.5 Å². The van der Waals surface area contributed by atoms with Crippen LogP contribution in [0.1, 0.15) is 6.92 Å². The van der Waals surface area contributed by atoms with Gasteiger partial charge in [0.1, 0.15) is 5.75 Å². The normalized spacial score (nSPS) is 15.7. The monoisotopic (exact) mass is 384 g/mol. The number of rotatable bonds is 6. The zero-order valence-corrected chi connectivity index (χ0v) is 16.0. The van der Waals surface area contributed by atoms with E-state index in [2.05, 4.69) is 15.1 Å². The fraction of sp³-hybridized carbons (Fsp3) is 0.350. The van der Waals surface area contributed by atoms with E-state index < -0.39 is 4.92 Å². The van der Waals surface area contributed by atoms with Crippen molar-refractivity contribution in [2.24, 2.45) is 0 Å². The summed E-state index contributed by atoms with van der Waals surface area (Å²) in [7, 11) is 1.58. The minimum Gasteiger partial charge on any atom is -0.495 e. The maximum absolute atomic E-state index is 12.6. The van der Waals surface area contributed by atoms with Crippen LogP contribution in [0, 0.1) is 10.1 Å². The number of nitro benzene ring substituents is 1. The maximum Gasteiger partial charge on any atom is 0.269 e. The Morgan fingerprint density at radius 3 is 2.36 bits per heavy atom. The highest BCUT2D eigenvalue weighted by molar-refractivity contribution is 5.95. The van der Waals surface area contributed by atoms with Gasteiger partial charge in [-0.15, -0.1) is 0 Å². The first-order chi connectivity index (χ1) is 13.5. The summed E-state index contributed by atoms with van der Waals surface area (Å²) in [6.45, 7) is 4.87. The molecule has 8 heteroatoms. The number of hydrogen-bond acceptors (Lipinski definition) is 6. The van der Waals surface area contributed by atoms with Gasteiger partial charge in [-0.2, -0.15) is 0 Å². The van der Waals surface area contributed by atoms with E-state index in [0.717, 1.165) is 31.9 Å². The van der Waals surface area contributed by atoms with E-state index in [1.54, 1.807) is 19.2 Å². The highest BCUT2D eigenvalue weighted by Crippen LogP contribution is 2.24. The average Bonchev–Trinajstić information content (AvgIpc) is 2.73. The van der Waals surface area contributed by atoms with Gasteiger partial charge < -0.3 is 15.0 Å². The molecule has 1 aliphatic heterocycles. The van der Waals surface area contributed by atoms with Crippen LogP contribution in [0.5, 0.6) is 5.75 Å². The second-order valence-corrected chi connectivity index (χ2v) is 6.66. The number of nitrogens with zero attached hydrogens (tertiary/aromatic N) is 3. The molecule has 0 aliphatic carbocycles. The van der Waals surface area contributed by atoms with Crippen molar-refractivity contribution in [1.29, 1.82) is 0 Å². The van der Waals surface area contributed by atoms with Crippen LogP contribution in [0.25, 0.3) is 0 Å². The van der Waals surface area contributed by atoms with Crippen LogP contribution in [0.15, 0.2) is 48.5 Å². The molecule has 28 heavy (non-hydrogen) atoms. The lowest BCUT2D eigenvalue weighted by Gasteiger charge is -2.38. The number of nitro groups is 1. The Bertz CT molecular complexity index is 832. The maximum atomic E-state index is 12.6. The number of ether oxygens (including phenoxy) is 1. The van der Waals surface area contributed by atoms with E-state index in [1.807, 2.05) is 31.2 Å². The van der Waals surface area contributed by atoms with Gasteiger partial charge in [0.05, 0.1) is 23.8 Å². The summed E-state index contributed by atoms with van der Waals surface area (Å²) < 4.78 is 5.28. The summed E-state index contributed by atoms with van der Waals surface area (Å²) >= 11 is 0. The summed E-state index contributed by atoms with van der Waals surface area (Å²) in [5, 5.41) is 13.7. The first-order valence-corrected chi connectivity index (χ1v) is 9.17. The lowest BCUT2D eigenvalue weighted by molar-refractivity contribution is -0.384. The van der Waals surface area contributed by atoms with Gasteiger partial charge in [-0.3, -0.25) is 19.8 Å². The fourth-order valence-electron chi connectivity index (χ4n) is 3.30. The summed E-state index contributed by atoms with van der Waals surface area (Å²) in [5.74, 6) is 0.555. The Kier molecular flexibility index (Phi) is 6.10. The fourth-order valence-corrected chi connectivity index (χ4v) is 3.30. The number of nitrogens with one attached hydrogen (secondary N) is 1. The van der Waals surface area contributed by atoms with Crippen molar-refractivity contribution in [3.8, 4) is 5.75 Å². The van der Waals surface area contributed by atoms with E-state index in [-0.39, 0.29) is 17.6 Å². The number of amides is 1. The molecule has 1 heterocycles. The molecule has 3 rings (SSSR count). The summed E-state index contributed by atoms with van der Waals surface area (Å²) in [4.78, 5) is 27.3. The third kappa shape index (κ3) is 4.40. The molecule has 0 spiro atoms. The average molecular weight is 384 g/mol. The van der Waals surface area contributed by atoms with E-state index in [9.17, 15) is 14.9 Å². The molecular formula is C20H24N4O4. The van der Waals surface area contributed by atoms with Crippen molar-refractivity contribution in [2.75, 3.05) is 43.5 Å². The molecule has 0 radical (unpaired) electrons. The number of non-ortho nitro benzene ring substituents is 1. The molecular weight excluding hydrogens is 360 g/mol. The zero-order chi connectivity index (χ0) is 20.1. The Hall–Kier alpha value is -3.13.